The molecule has 0 unspecified atom stereocenters. The predicted molar refractivity (Wildman–Crippen MR) is 188 cm³/mol. The number of benzene rings is 2. The van der Waals surface area contributed by atoms with Crippen molar-refractivity contribution in [3.05, 3.63) is 64.7 Å². The summed E-state index contributed by atoms with van der Waals surface area (Å²) in [5.74, 6) is -1.43. The Bertz CT molecular complexity index is 1250. The van der Waals surface area contributed by atoms with Gasteiger partial charge >= 0.3 is 0 Å². The fraction of sp³-hybridized carbons (Fsp3) is 0.515. The lowest BCUT2D eigenvalue weighted by molar-refractivity contribution is -0.140. The highest BCUT2D eigenvalue weighted by atomic mass is 35.5. The molecule has 0 aliphatic heterocycles. The average Bonchev–Trinajstić information content (AvgIpc) is 3.00. The molecule has 12 nitrogen and oxygen atoms in total. The third-order valence-corrected chi connectivity index (χ3v) is 8.35. The number of aryl methyl sites for hydroxylation is 2. The molecule has 4 amide bonds. The van der Waals surface area contributed by atoms with Gasteiger partial charge in [0.25, 0.3) is 0 Å². The molecule has 0 bridgehead atoms. The number of carbonyl (C=O) groups is 4. The van der Waals surface area contributed by atoms with Crippen molar-refractivity contribution in [2.24, 2.45) is 11.5 Å². The fourth-order valence-electron chi connectivity index (χ4n) is 5.18. The zero-order valence-electron chi connectivity index (χ0n) is 27.5. The van der Waals surface area contributed by atoms with E-state index in [1.54, 1.807) is 12.1 Å². The van der Waals surface area contributed by atoms with Gasteiger partial charge in [0.05, 0.1) is 12.6 Å². The molecule has 2 rings (SSSR count). The number of hydrogen-bond acceptors (Lipinski definition) is 8. The van der Waals surface area contributed by atoms with Crippen LogP contribution in [-0.4, -0.2) is 94.0 Å². The van der Waals surface area contributed by atoms with Crippen LogP contribution >= 0.6 is 24.2 Å². The van der Waals surface area contributed by atoms with Crippen molar-refractivity contribution in [2.45, 2.75) is 76.9 Å². The molecule has 47 heavy (non-hydrogen) atoms. The normalized spacial score (nSPS) is 12.4. The Kier molecular flexibility index (Phi) is 21.4. The summed E-state index contributed by atoms with van der Waals surface area (Å²) >= 11 is 1.51. The maximum atomic E-state index is 13.5. The lowest BCUT2D eigenvalue weighted by Gasteiger charge is -2.30. The van der Waals surface area contributed by atoms with Crippen molar-refractivity contribution in [3.8, 4) is 5.75 Å². The first kappa shape index (κ1) is 43.6. The number of thioether (sulfide) groups is 1. The van der Waals surface area contributed by atoms with E-state index in [2.05, 4.69) is 10.6 Å². The monoisotopic (exact) mass is 697 g/mol. The van der Waals surface area contributed by atoms with E-state index in [4.69, 9.17) is 16.6 Å². The lowest BCUT2D eigenvalue weighted by Crippen LogP contribution is -2.55. The molecule has 2 aromatic rings. The van der Waals surface area contributed by atoms with Crippen LogP contribution in [0.3, 0.4) is 0 Å². The highest BCUT2D eigenvalue weighted by Crippen LogP contribution is 2.22. The highest BCUT2D eigenvalue weighted by molar-refractivity contribution is 7.98. The quantitative estimate of drug-likeness (QED) is 0.111. The minimum atomic E-state index is -0.936. The molecule has 3 atom stereocenters. The molecule has 14 heteroatoms. The Hall–Kier alpha value is -3.36. The van der Waals surface area contributed by atoms with Crippen LogP contribution in [0.1, 0.15) is 54.4 Å². The van der Waals surface area contributed by atoms with Gasteiger partial charge in [-0.05, 0) is 85.9 Å². The minimum Gasteiger partial charge on any atom is -0.508 e. The van der Waals surface area contributed by atoms with Crippen LogP contribution in [-0.2, 0) is 32.0 Å². The Morgan fingerprint density at radius 3 is 2.15 bits per heavy atom. The number of rotatable bonds is 20. The zero-order valence-corrected chi connectivity index (χ0v) is 29.1. The van der Waals surface area contributed by atoms with Crippen molar-refractivity contribution in [2.75, 3.05) is 31.7 Å². The highest BCUT2D eigenvalue weighted by Gasteiger charge is 2.30. The lowest BCUT2D eigenvalue weighted by atomic mass is 9.96. The molecule has 0 aliphatic rings. The number of carbonyl (C=O) groups excluding carboxylic acids is 4. The van der Waals surface area contributed by atoms with Crippen LogP contribution in [0, 0.1) is 13.8 Å². The third kappa shape index (κ3) is 14.9. The van der Waals surface area contributed by atoms with Gasteiger partial charge in [-0.15, -0.1) is 12.4 Å². The van der Waals surface area contributed by atoms with E-state index < -0.39 is 41.8 Å². The van der Waals surface area contributed by atoms with Gasteiger partial charge in [-0.2, -0.15) is 11.8 Å². The van der Waals surface area contributed by atoms with Gasteiger partial charge in [-0.1, -0.05) is 43.2 Å². The van der Waals surface area contributed by atoms with Crippen LogP contribution in [0.4, 0.5) is 0 Å². The molecular formula is C33H52ClN5O7S. The first-order valence-electron chi connectivity index (χ1n) is 15.3. The number of phenols is 1. The molecule has 2 aromatic carbocycles. The van der Waals surface area contributed by atoms with E-state index in [0.717, 1.165) is 35.1 Å². The molecule has 0 fully saturated rings. The largest absolute Gasteiger partial charge is 0.508 e. The number of halogens is 1. The smallest absolute Gasteiger partial charge is 0.243 e. The van der Waals surface area contributed by atoms with Gasteiger partial charge in [-0.3, -0.25) is 19.2 Å². The van der Waals surface area contributed by atoms with Crippen molar-refractivity contribution in [1.29, 1.82) is 0 Å². The molecule has 0 aliphatic carbocycles. The predicted octanol–water partition coefficient (Wildman–Crippen LogP) is 1.31. The van der Waals surface area contributed by atoms with Crippen molar-refractivity contribution < 1.29 is 34.9 Å². The van der Waals surface area contributed by atoms with Gasteiger partial charge in [0.2, 0.25) is 23.6 Å². The Morgan fingerprint density at radius 1 is 0.957 bits per heavy atom. The molecule has 0 radical (unpaired) electrons. The van der Waals surface area contributed by atoms with Crippen LogP contribution in [0.25, 0.3) is 0 Å². The van der Waals surface area contributed by atoms with E-state index >= 15 is 0 Å². The molecule has 0 saturated heterocycles. The molecule has 0 saturated carbocycles. The number of aliphatic hydroxyl groups excluding tert-OH is 1. The number of aromatic hydroxyl groups is 1. The number of nitrogens with one attached hydrogen (secondary N) is 2. The summed E-state index contributed by atoms with van der Waals surface area (Å²) in [5.41, 5.74) is 15.3. The van der Waals surface area contributed by atoms with Crippen LogP contribution in [0.2, 0.25) is 0 Å². The number of aliphatic hydroxyl groups is 1. The SMILES string of the molecule is CSCC[C@@H](NC(=O)[C@@H](N)Cc1c(C)cc(O)cc1C)C(=O)NCC(=O)N(CCCCCCO)[C@@H](Cc1ccccc1)C(N)=O.Cl.O. The summed E-state index contributed by atoms with van der Waals surface area (Å²) in [5, 5.41) is 24.3. The number of nitrogens with zero attached hydrogens (tertiary/aromatic N) is 1. The van der Waals surface area contributed by atoms with Crippen LogP contribution in [0.15, 0.2) is 42.5 Å². The Morgan fingerprint density at radius 2 is 1.57 bits per heavy atom. The van der Waals surface area contributed by atoms with Gasteiger partial charge < -0.3 is 42.7 Å². The molecule has 0 aromatic heterocycles. The molecule has 0 heterocycles. The van der Waals surface area contributed by atoms with E-state index in [9.17, 15) is 24.3 Å². The van der Waals surface area contributed by atoms with E-state index in [1.165, 1.54) is 16.7 Å². The Balaban J connectivity index is 0.0000106. The molecule has 0 spiro atoms. The molecular weight excluding hydrogens is 646 g/mol. The van der Waals surface area contributed by atoms with E-state index in [1.807, 2.05) is 50.4 Å². The number of amides is 4. The van der Waals surface area contributed by atoms with Gasteiger partial charge in [0, 0.05) is 19.6 Å². The summed E-state index contributed by atoms with van der Waals surface area (Å²) in [4.78, 5) is 53.8. The number of unbranched alkanes of at least 4 members (excludes halogenated alkanes) is 3. The average molecular weight is 698 g/mol. The first-order valence-corrected chi connectivity index (χ1v) is 16.7. The summed E-state index contributed by atoms with van der Waals surface area (Å²) in [7, 11) is 0. The van der Waals surface area contributed by atoms with Gasteiger partial charge in [0.15, 0.2) is 0 Å². The van der Waals surface area contributed by atoms with E-state index in [0.29, 0.717) is 25.0 Å². The fourth-order valence-corrected chi connectivity index (χ4v) is 5.65. The number of hydrogen-bond donors (Lipinski definition) is 6. The Labute approximate surface area is 288 Å². The number of primary amides is 1. The second kappa shape index (κ2) is 23.0. The third-order valence-electron chi connectivity index (χ3n) is 7.70. The zero-order chi connectivity index (χ0) is 33.4. The maximum absolute atomic E-state index is 13.5. The standard InChI is InChI=1S/C33H49N5O6S.ClH.H2O/c1-22-17-25(40)18-23(2)26(22)20-27(34)32(43)37-28(13-16-45-3)33(44)36-21-30(41)38(14-9-4-5-10-15-39)29(31(35)42)19-24-11-7-6-8-12-24;;/h6-8,11-12,17-18,27-29,39-40H,4-5,9-10,13-16,19-21,34H2,1-3H3,(H2,35,42)(H,36,44)(H,37,43);1H;1H2/t27-,28+,29-;;/m0../s1. The van der Waals surface area contributed by atoms with Gasteiger partial charge in [-0.25, -0.2) is 0 Å². The first-order chi connectivity index (χ1) is 21.5. The van der Waals surface area contributed by atoms with Crippen LogP contribution in [0.5, 0.6) is 5.75 Å². The summed E-state index contributed by atoms with van der Waals surface area (Å²) in [6, 6.07) is 9.71. The second-order valence-corrected chi connectivity index (χ2v) is 12.2. The summed E-state index contributed by atoms with van der Waals surface area (Å²) < 4.78 is 0. The molecule has 10 N–H and O–H groups in total. The maximum Gasteiger partial charge on any atom is 0.243 e. The topological polar surface area (TPSA) is 220 Å². The van der Waals surface area contributed by atoms with E-state index in [-0.39, 0.29) is 56.2 Å². The number of nitrogens with two attached hydrogens (primary N) is 2. The van der Waals surface area contributed by atoms with Crippen molar-refractivity contribution >= 4 is 47.8 Å². The number of phenolic OH excluding ortho intramolecular Hbond substituents is 1. The van der Waals surface area contributed by atoms with Crippen molar-refractivity contribution in [1.82, 2.24) is 15.5 Å². The summed E-state index contributed by atoms with van der Waals surface area (Å²) in [6.45, 7) is 3.64. The molecule has 264 valence electrons. The van der Waals surface area contributed by atoms with Crippen molar-refractivity contribution in [3.63, 3.8) is 0 Å². The minimum absolute atomic E-state index is 0. The second-order valence-electron chi connectivity index (χ2n) is 11.3. The van der Waals surface area contributed by atoms with Gasteiger partial charge in [0.1, 0.15) is 17.8 Å². The summed E-state index contributed by atoms with van der Waals surface area (Å²) in [6.07, 6.45) is 5.44. The van der Waals surface area contributed by atoms with Crippen LogP contribution < -0.4 is 22.1 Å².